The van der Waals surface area contributed by atoms with E-state index < -0.39 is 0 Å². The molecular formula is C14H24N4O. The van der Waals surface area contributed by atoms with Crippen LogP contribution in [0.1, 0.15) is 44.6 Å². The fraction of sp³-hybridized carbons (Fsp3) is 0.714. The minimum atomic E-state index is 0.0567. The smallest absolute Gasteiger partial charge is 0.229 e. The second-order valence-electron chi connectivity index (χ2n) is 5.71. The molecule has 2 unspecified atom stereocenters. The van der Waals surface area contributed by atoms with Crippen LogP contribution < -0.4 is 10.6 Å². The fourth-order valence-electron chi connectivity index (χ4n) is 2.78. The van der Waals surface area contributed by atoms with Gasteiger partial charge in [-0.05, 0) is 47.6 Å². The van der Waals surface area contributed by atoms with Crippen molar-refractivity contribution < 1.29 is 4.79 Å². The molecule has 2 heterocycles. The van der Waals surface area contributed by atoms with Crippen molar-refractivity contribution in [1.29, 1.82) is 0 Å². The average molecular weight is 264 g/mol. The van der Waals surface area contributed by atoms with Crippen molar-refractivity contribution in [2.45, 2.75) is 53.1 Å². The number of hydrogen-bond donors (Lipinski definition) is 2. The molecule has 0 saturated carbocycles. The summed E-state index contributed by atoms with van der Waals surface area (Å²) in [6, 6.07) is 0.553. The maximum absolute atomic E-state index is 12.3. The lowest BCUT2D eigenvalue weighted by molar-refractivity contribution is -0.120. The van der Waals surface area contributed by atoms with E-state index in [0.29, 0.717) is 6.04 Å². The van der Waals surface area contributed by atoms with E-state index in [-0.39, 0.29) is 17.9 Å². The number of rotatable bonds is 3. The van der Waals surface area contributed by atoms with Crippen LogP contribution in [-0.4, -0.2) is 28.3 Å². The Kier molecular flexibility index (Phi) is 3.94. The van der Waals surface area contributed by atoms with Crippen molar-refractivity contribution in [2.75, 3.05) is 11.9 Å². The first-order chi connectivity index (χ1) is 8.91. The van der Waals surface area contributed by atoms with Gasteiger partial charge in [0.1, 0.15) is 0 Å². The Morgan fingerprint density at radius 2 is 2.16 bits per heavy atom. The van der Waals surface area contributed by atoms with Gasteiger partial charge in [-0.25, -0.2) is 0 Å². The van der Waals surface area contributed by atoms with Crippen molar-refractivity contribution in [3.8, 4) is 0 Å². The number of anilines is 1. The molecule has 0 radical (unpaired) electrons. The van der Waals surface area contributed by atoms with Crippen molar-refractivity contribution in [3.05, 3.63) is 11.4 Å². The van der Waals surface area contributed by atoms with E-state index in [4.69, 9.17) is 0 Å². The van der Waals surface area contributed by atoms with Gasteiger partial charge in [0.2, 0.25) is 5.91 Å². The molecule has 1 aromatic heterocycles. The minimum absolute atomic E-state index is 0.0567. The molecule has 1 amide bonds. The predicted octanol–water partition coefficient (Wildman–Crippen LogP) is 2.02. The first kappa shape index (κ1) is 14.1. The molecule has 1 saturated heterocycles. The molecule has 0 bridgehead atoms. The molecule has 1 aliphatic rings. The van der Waals surface area contributed by atoms with Gasteiger partial charge in [0, 0.05) is 12.1 Å². The molecule has 2 atom stereocenters. The third kappa shape index (κ3) is 2.66. The summed E-state index contributed by atoms with van der Waals surface area (Å²) in [6.45, 7) is 11.1. The van der Waals surface area contributed by atoms with Crippen LogP contribution >= 0.6 is 0 Å². The molecule has 1 aromatic rings. The van der Waals surface area contributed by atoms with E-state index in [1.165, 1.54) is 0 Å². The molecule has 5 nitrogen and oxygen atoms in total. The quantitative estimate of drug-likeness (QED) is 0.878. The SMILES string of the molecule is Cc1nn(C(C)C)c(C)c1NC(=O)C1CCNC1C. The molecule has 2 rings (SSSR count). The number of amides is 1. The first-order valence-corrected chi connectivity index (χ1v) is 7.01. The van der Waals surface area contributed by atoms with Crippen LogP contribution in [-0.2, 0) is 4.79 Å². The van der Waals surface area contributed by atoms with E-state index in [9.17, 15) is 4.79 Å². The highest BCUT2D eigenvalue weighted by molar-refractivity contribution is 5.94. The van der Waals surface area contributed by atoms with Gasteiger partial charge in [-0.3, -0.25) is 9.48 Å². The summed E-state index contributed by atoms with van der Waals surface area (Å²) in [5, 5.41) is 10.9. The molecule has 106 valence electrons. The molecule has 0 aliphatic carbocycles. The maximum atomic E-state index is 12.3. The van der Waals surface area contributed by atoms with Crippen LogP contribution in [0.4, 0.5) is 5.69 Å². The molecule has 5 heteroatoms. The summed E-state index contributed by atoms with van der Waals surface area (Å²) < 4.78 is 1.96. The summed E-state index contributed by atoms with van der Waals surface area (Å²) in [5.41, 5.74) is 2.79. The van der Waals surface area contributed by atoms with Gasteiger partial charge in [-0.2, -0.15) is 5.10 Å². The lowest BCUT2D eigenvalue weighted by Crippen LogP contribution is -2.32. The Morgan fingerprint density at radius 1 is 1.47 bits per heavy atom. The fourth-order valence-corrected chi connectivity index (χ4v) is 2.78. The van der Waals surface area contributed by atoms with Crippen LogP contribution in [0.3, 0.4) is 0 Å². The summed E-state index contributed by atoms with van der Waals surface area (Å²) >= 11 is 0. The third-order valence-electron chi connectivity index (χ3n) is 3.92. The van der Waals surface area contributed by atoms with Gasteiger partial charge in [-0.1, -0.05) is 0 Å². The Morgan fingerprint density at radius 3 is 2.63 bits per heavy atom. The first-order valence-electron chi connectivity index (χ1n) is 7.01. The van der Waals surface area contributed by atoms with Crippen LogP contribution in [0, 0.1) is 19.8 Å². The lowest BCUT2D eigenvalue weighted by atomic mass is 10.0. The van der Waals surface area contributed by atoms with Gasteiger partial charge >= 0.3 is 0 Å². The molecule has 1 fully saturated rings. The van der Waals surface area contributed by atoms with E-state index in [2.05, 4.69) is 36.5 Å². The third-order valence-corrected chi connectivity index (χ3v) is 3.92. The number of aromatic nitrogens is 2. The number of hydrogen-bond acceptors (Lipinski definition) is 3. The molecular weight excluding hydrogens is 240 g/mol. The maximum Gasteiger partial charge on any atom is 0.229 e. The largest absolute Gasteiger partial charge is 0.323 e. The van der Waals surface area contributed by atoms with Gasteiger partial charge < -0.3 is 10.6 Å². The van der Waals surface area contributed by atoms with E-state index in [1.54, 1.807) is 0 Å². The molecule has 2 N–H and O–H groups in total. The lowest BCUT2D eigenvalue weighted by Gasteiger charge is -2.15. The predicted molar refractivity (Wildman–Crippen MR) is 76.3 cm³/mol. The zero-order chi connectivity index (χ0) is 14.2. The number of nitrogens with one attached hydrogen (secondary N) is 2. The number of aryl methyl sites for hydroxylation is 1. The Hall–Kier alpha value is -1.36. The second-order valence-corrected chi connectivity index (χ2v) is 5.71. The van der Waals surface area contributed by atoms with E-state index >= 15 is 0 Å². The van der Waals surface area contributed by atoms with E-state index in [0.717, 1.165) is 30.0 Å². The standard InChI is InChI=1S/C14H24N4O/c1-8(2)18-11(5)13(10(4)17-18)16-14(19)12-6-7-15-9(12)3/h8-9,12,15H,6-7H2,1-5H3,(H,16,19). The molecule has 1 aliphatic heterocycles. The van der Waals surface area contributed by atoms with E-state index in [1.807, 2.05) is 18.5 Å². The number of nitrogens with zero attached hydrogens (tertiary/aromatic N) is 2. The van der Waals surface area contributed by atoms with Gasteiger partial charge in [0.25, 0.3) is 0 Å². The summed E-state index contributed by atoms with van der Waals surface area (Å²) in [7, 11) is 0. The highest BCUT2D eigenvalue weighted by atomic mass is 16.2. The van der Waals surface area contributed by atoms with Gasteiger partial charge in [0.15, 0.2) is 0 Å². The number of carbonyl (C=O) groups is 1. The Balaban J connectivity index is 2.17. The molecule has 0 aromatic carbocycles. The van der Waals surface area contributed by atoms with Crippen molar-refractivity contribution in [2.24, 2.45) is 5.92 Å². The minimum Gasteiger partial charge on any atom is -0.323 e. The van der Waals surface area contributed by atoms with Crippen molar-refractivity contribution in [3.63, 3.8) is 0 Å². The van der Waals surface area contributed by atoms with Crippen molar-refractivity contribution in [1.82, 2.24) is 15.1 Å². The second kappa shape index (κ2) is 5.33. The summed E-state index contributed by atoms with van der Waals surface area (Å²) in [4.78, 5) is 12.3. The van der Waals surface area contributed by atoms with Crippen LogP contribution in [0.2, 0.25) is 0 Å². The highest BCUT2D eigenvalue weighted by Crippen LogP contribution is 2.24. The normalized spacial score (nSPS) is 23.1. The van der Waals surface area contributed by atoms with Crippen molar-refractivity contribution >= 4 is 11.6 Å². The zero-order valence-corrected chi connectivity index (χ0v) is 12.4. The average Bonchev–Trinajstić information content (AvgIpc) is 2.87. The van der Waals surface area contributed by atoms with Crippen LogP contribution in [0.25, 0.3) is 0 Å². The monoisotopic (exact) mass is 264 g/mol. The van der Waals surface area contributed by atoms with Crippen LogP contribution in [0.15, 0.2) is 0 Å². The zero-order valence-electron chi connectivity index (χ0n) is 12.4. The number of carbonyl (C=O) groups excluding carboxylic acids is 1. The molecule has 19 heavy (non-hydrogen) atoms. The Labute approximate surface area is 114 Å². The van der Waals surface area contributed by atoms with Crippen LogP contribution in [0.5, 0.6) is 0 Å². The summed E-state index contributed by atoms with van der Waals surface area (Å²) in [6.07, 6.45) is 0.906. The summed E-state index contributed by atoms with van der Waals surface area (Å²) in [5.74, 6) is 0.160. The highest BCUT2D eigenvalue weighted by Gasteiger charge is 2.30. The van der Waals surface area contributed by atoms with Gasteiger partial charge in [-0.15, -0.1) is 0 Å². The Bertz CT molecular complexity index is 478. The van der Waals surface area contributed by atoms with Gasteiger partial charge in [0.05, 0.1) is 23.0 Å². The molecule has 0 spiro atoms. The topological polar surface area (TPSA) is 59.0 Å².